The minimum atomic E-state index is 0. The van der Waals surface area contributed by atoms with E-state index in [1.807, 2.05) is 29.1 Å². The van der Waals surface area contributed by atoms with Crippen LogP contribution < -0.4 is 4.90 Å². The molecule has 2 aromatic heterocycles. The summed E-state index contributed by atoms with van der Waals surface area (Å²) in [5.74, 6) is 1.30. The number of ether oxygens (including phenoxy) is 1. The third-order valence-electron chi connectivity index (χ3n) is 6.96. The maximum atomic E-state index is 13.1. The molecule has 0 N–H and O–H groups in total. The Hall–Kier alpha value is -3.77. The van der Waals surface area contributed by atoms with Gasteiger partial charge in [-0.05, 0) is 42.2 Å². The van der Waals surface area contributed by atoms with Gasteiger partial charge in [0.15, 0.2) is 11.6 Å². The minimum Gasteiger partial charge on any atom is -0.378 e. The average molecular weight is 494 g/mol. The largest absolute Gasteiger partial charge is 0.378 e. The van der Waals surface area contributed by atoms with Gasteiger partial charge in [0.25, 0.3) is 0 Å². The van der Waals surface area contributed by atoms with E-state index >= 15 is 0 Å². The maximum absolute atomic E-state index is 13.1. The van der Waals surface area contributed by atoms with E-state index in [0.29, 0.717) is 25.6 Å². The lowest BCUT2D eigenvalue weighted by Crippen LogP contribution is -2.36. The predicted molar refractivity (Wildman–Crippen MR) is 150 cm³/mol. The van der Waals surface area contributed by atoms with Crippen molar-refractivity contribution in [1.82, 2.24) is 14.8 Å². The number of carbonyl (C=O) groups excluding carboxylic acids is 1. The van der Waals surface area contributed by atoms with Crippen molar-refractivity contribution in [2.45, 2.75) is 27.2 Å². The summed E-state index contributed by atoms with van der Waals surface area (Å²) in [5, 5.41) is 5.97. The number of allylic oxidation sites excluding steroid dienone is 2. The number of aryl methyl sites for hydroxylation is 1. The zero-order valence-electron chi connectivity index (χ0n) is 21.6. The van der Waals surface area contributed by atoms with Gasteiger partial charge in [-0.1, -0.05) is 49.8 Å². The Morgan fingerprint density at radius 2 is 1.97 bits per heavy atom. The molecule has 1 radical (unpaired) electrons. The Morgan fingerprint density at radius 3 is 2.76 bits per heavy atom. The Bertz CT molecular complexity index is 1530. The van der Waals surface area contributed by atoms with Crippen LogP contribution in [0, 0.1) is 19.3 Å². The van der Waals surface area contributed by atoms with Crippen molar-refractivity contribution in [3.63, 3.8) is 0 Å². The van der Waals surface area contributed by atoms with Crippen molar-refractivity contribution in [2.75, 3.05) is 31.2 Å². The molecule has 0 saturated carbocycles. The monoisotopic (exact) mass is 493 g/mol. The van der Waals surface area contributed by atoms with Crippen LogP contribution in [-0.2, 0) is 4.74 Å². The van der Waals surface area contributed by atoms with Crippen LogP contribution in [0.2, 0.25) is 0 Å². The van der Waals surface area contributed by atoms with Gasteiger partial charge < -0.3 is 9.64 Å². The maximum Gasteiger partial charge on any atom is 0.167 e. The molecule has 0 amide bonds. The van der Waals surface area contributed by atoms with Crippen molar-refractivity contribution in [2.24, 2.45) is 5.92 Å². The minimum absolute atomic E-state index is 0. The Kier molecular flexibility index (Phi) is 6.13. The van der Waals surface area contributed by atoms with Crippen LogP contribution in [0.5, 0.6) is 0 Å². The van der Waals surface area contributed by atoms with E-state index < -0.39 is 0 Å². The Balaban J connectivity index is 0.00000294. The predicted octanol–water partition coefficient (Wildman–Crippen LogP) is 6.18. The first-order chi connectivity index (χ1) is 18.0. The summed E-state index contributed by atoms with van der Waals surface area (Å²) in [6.45, 7) is 9.35. The molecule has 0 unspecified atom stereocenters. The van der Waals surface area contributed by atoms with E-state index in [-0.39, 0.29) is 7.21 Å². The molecule has 1 aliphatic heterocycles. The Labute approximate surface area is 219 Å². The lowest BCUT2D eigenvalue weighted by atomic mass is 10.0. The highest BCUT2D eigenvalue weighted by Crippen LogP contribution is 2.45. The number of fused-ring (bicyclic) bond motifs is 3. The second kappa shape index (κ2) is 9.60. The van der Waals surface area contributed by atoms with Gasteiger partial charge in [0.1, 0.15) is 0 Å². The smallest absolute Gasteiger partial charge is 0.167 e. The fourth-order valence-electron chi connectivity index (χ4n) is 5.04. The number of Topliss-reactive ketones (excluding diaryl/α,β-unsaturated/α-hetero) is 1. The number of morpholine rings is 1. The van der Waals surface area contributed by atoms with E-state index in [9.17, 15) is 4.79 Å². The number of benzene rings is 2. The van der Waals surface area contributed by atoms with E-state index in [2.05, 4.69) is 68.5 Å². The summed E-state index contributed by atoms with van der Waals surface area (Å²) in [7, 11) is 0. The van der Waals surface area contributed by atoms with Crippen molar-refractivity contribution >= 4 is 22.4 Å². The first-order valence-electron chi connectivity index (χ1n) is 13.0. The first-order valence-corrected chi connectivity index (χ1v) is 13.0. The second-order valence-electron chi connectivity index (χ2n) is 10.2. The number of anilines is 1. The van der Waals surface area contributed by atoms with Crippen molar-refractivity contribution < 1.29 is 11.0 Å². The van der Waals surface area contributed by atoms with Crippen LogP contribution in [0.25, 0.3) is 28.0 Å². The molecule has 6 nitrogen and oxygen atoms in total. The summed E-state index contributed by atoms with van der Waals surface area (Å²) in [6, 6.07) is 14.5. The highest BCUT2D eigenvalue weighted by Gasteiger charge is 2.31. The molecule has 0 atom stereocenters. The molecular formula is C31H33N4O2. The standard InChI is InChI=1S/C31H31N4O2.H2/c1-20(2)6-4-9-29(36)24-18-27-31(25-17-23(24)25)28(34-12-14-37-15-13-34)19-30(32-27)35-11-10-26(33-35)22-8-5-7-21(3)16-22;/h4-8,10-11,16-20H,9,12-15H2,1-3H3;1H/b6-4+;. The topological polar surface area (TPSA) is 60.2 Å². The summed E-state index contributed by atoms with van der Waals surface area (Å²) in [5.41, 5.74) is 8.08. The molecule has 6 heteroatoms. The fourth-order valence-corrected chi connectivity index (χ4v) is 5.04. The number of hydrogen-bond acceptors (Lipinski definition) is 5. The number of rotatable bonds is 7. The van der Waals surface area contributed by atoms with Crippen LogP contribution in [0.3, 0.4) is 0 Å². The van der Waals surface area contributed by atoms with Gasteiger partial charge >= 0.3 is 0 Å². The third-order valence-corrected chi connectivity index (χ3v) is 6.96. The SMILES string of the molecule is Cc1cccc(-c2ccn(-c3cc(N4CCOCC4)c4c5c(c(C(=O)C/C=C/C(C)C)cc4n3)[CH]5)n2)c1.[HH]. The number of hydrogen-bond donors (Lipinski definition) is 0. The van der Waals surface area contributed by atoms with E-state index in [0.717, 1.165) is 63.4 Å². The second-order valence-corrected chi connectivity index (χ2v) is 10.2. The van der Waals surface area contributed by atoms with E-state index in [4.69, 9.17) is 14.8 Å². The van der Waals surface area contributed by atoms with Crippen LogP contribution >= 0.6 is 0 Å². The molecule has 37 heavy (non-hydrogen) atoms. The third kappa shape index (κ3) is 4.69. The average Bonchev–Trinajstić information content (AvgIpc) is 3.54. The molecule has 2 aromatic carbocycles. The number of ketones is 1. The van der Waals surface area contributed by atoms with Gasteiger partial charge in [-0.15, -0.1) is 0 Å². The normalized spacial score (nSPS) is 15.1. The molecule has 0 bridgehead atoms. The van der Waals surface area contributed by atoms with Gasteiger partial charge in [-0.2, -0.15) is 5.10 Å². The summed E-state index contributed by atoms with van der Waals surface area (Å²) < 4.78 is 7.46. The molecule has 2 aliphatic rings. The quantitative estimate of drug-likeness (QED) is 0.200. The summed E-state index contributed by atoms with van der Waals surface area (Å²) in [4.78, 5) is 20.5. The Morgan fingerprint density at radius 1 is 1.14 bits per heavy atom. The lowest BCUT2D eigenvalue weighted by molar-refractivity contribution is 0.0996. The van der Waals surface area contributed by atoms with Crippen LogP contribution in [0.15, 0.2) is 60.8 Å². The van der Waals surface area contributed by atoms with Gasteiger partial charge in [-0.3, -0.25) is 4.79 Å². The van der Waals surface area contributed by atoms with Gasteiger partial charge in [0.2, 0.25) is 0 Å². The molecule has 1 fully saturated rings. The van der Waals surface area contributed by atoms with E-state index in [1.54, 1.807) is 0 Å². The molecule has 6 rings (SSSR count). The molecule has 3 heterocycles. The number of pyridine rings is 1. The zero-order valence-corrected chi connectivity index (χ0v) is 21.6. The molecule has 1 saturated heterocycles. The zero-order chi connectivity index (χ0) is 25.5. The summed E-state index contributed by atoms with van der Waals surface area (Å²) >= 11 is 0. The van der Waals surface area contributed by atoms with Crippen molar-refractivity contribution in [3.05, 3.63) is 89.5 Å². The van der Waals surface area contributed by atoms with Gasteiger partial charge in [0.05, 0.1) is 30.1 Å². The van der Waals surface area contributed by atoms with Crippen LogP contribution in [-0.4, -0.2) is 46.9 Å². The fraction of sp³-hybridized carbons (Fsp3) is 0.290. The summed E-state index contributed by atoms with van der Waals surface area (Å²) in [6.07, 6.45) is 8.54. The highest BCUT2D eigenvalue weighted by molar-refractivity contribution is 6.10. The van der Waals surface area contributed by atoms with Crippen LogP contribution in [0.1, 0.15) is 48.7 Å². The lowest BCUT2D eigenvalue weighted by Gasteiger charge is -2.30. The van der Waals surface area contributed by atoms with Crippen LogP contribution in [0.4, 0.5) is 5.69 Å². The van der Waals surface area contributed by atoms with Gasteiger partial charge in [-0.25, -0.2) is 9.67 Å². The molecular weight excluding hydrogens is 460 g/mol. The number of carbonyl (C=O) groups is 1. The molecule has 189 valence electrons. The van der Waals surface area contributed by atoms with Crippen molar-refractivity contribution in [3.8, 4) is 17.1 Å². The molecule has 1 aliphatic carbocycles. The number of nitrogens with zero attached hydrogens (tertiary/aromatic N) is 4. The van der Waals surface area contributed by atoms with E-state index in [1.165, 1.54) is 5.56 Å². The van der Waals surface area contributed by atoms with Crippen molar-refractivity contribution in [1.29, 1.82) is 0 Å². The van der Waals surface area contributed by atoms with Gasteiger partial charge in [0, 0.05) is 56.1 Å². The number of aromatic nitrogens is 3. The molecule has 4 aromatic rings. The highest BCUT2D eigenvalue weighted by atomic mass is 16.5. The first kappa shape index (κ1) is 23.6. The molecule has 0 spiro atoms.